The van der Waals surface area contributed by atoms with Crippen molar-refractivity contribution in [1.29, 1.82) is 0 Å². The first-order valence-electron chi connectivity index (χ1n) is 7.74. The third-order valence-electron chi connectivity index (χ3n) is 3.87. The fourth-order valence-electron chi connectivity index (χ4n) is 2.39. The molecule has 0 bridgehead atoms. The minimum absolute atomic E-state index is 0.270. The molecule has 0 heterocycles. The van der Waals surface area contributed by atoms with E-state index < -0.39 is 38.6 Å². The Kier molecular flexibility index (Phi) is 6.24. The lowest BCUT2D eigenvalue weighted by molar-refractivity contribution is -0.137. The van der Waals surface area contributed by atoms with Gasteiger partial charge in [0.1, 0.15) is 6.04 Å². The molecule has 0 aliphatic carbocycles. The first-order chi connectivity index (χ1) is 12.6. The molecule has 0 saturated carbocycles. The summed E-state index contributed by atoms with van der Waals surface area (Å²) in [5.41, 5.74) is 0.762. The van der Waals surface area contributed by atoms with Gasteiger partial charge in [0, 0.05) is 6.54 Å². The predicted molar refractivity (Wildman–Crippen MR) is 90.0 cm³/mol. The van der Waals surface area contributed by atoms with Crippen LogP contribution in [0, 0.1) is 0 Å². The van der Waals surface area contributed by atoms with Crippen molar-refractivity contribution in [2.75, 3.05) is 0 Å². The van der Waals surface area contributed by atoms with Gasteiger partial charge in [0.25, 0.3) is 5.91 Å². The fraction of sp³-hybridized carbons (Fsp3) is 0.235. The molecule has 146 valence electrons. The van der Waals surface area contributed by atoms with Gasteiger partial charge in [-0.25, -0.2) is 13.9 Å². The quantitative estimate of drug-likeness (QED) is 0.575. The highest BCUT2D eigenvalue weighted by Crippen LogP contribution is 2.31. The number of carbonyl (C=O) groups is 1. The van der Waals surface area contributed by atoms with Crippen molar-refractivity contribution >= 4 is 15.9 Å². The van der Waals surface area contributed by atoms with Gasteiger partial charge in [-0.2, -0.15) is 17.5 Å². The van der Waals surface area contributed by atoms with Crippen LogP contribution in [0.25, 0.3) is 0 Å². The van der Waals surface area contributed by atoms with Gasteiger partial charge < -0.3 is 0 Å². The average Bonchev–Trinajstić information content (AvgIpc) is 2.65. The number of hydroxylamine groups is 1. The number of benzene rings is 2. The lowest BCUT2D eigenvalue weighted by Crippen LogP contribution is -2.46. The van der Waals surface area contributed by atoms with E-state index in [-0.39, 0.29) is 6.54 Å². The van der Waals surface area contributed by atoms with Crippen LogP contribution in [0.3, 0.4) is 0 Å². The summed E-state index contributed by atoms with van der Waals surface area (Å²) in [6.07, 6.45) is -4.72. The zero-order valence-corrected chi connectivity index (χ0v) is 15.0. The largest absolute Gasteiger partial charge is 0.416 e. The van der Waals surface area contributed by atoms with Crippen molar-refractivity contribution < 1.29 is 31.6 Å². The number of nitrogens with one attached hydrogen (secondary N) is 1. The molecule has 0 unspecified atom stereocenters. The molecule has 2 N–H and O–H groups in total. The zero-order valence-electron chi connectivity index (χ0n) is 14.1. The number of hydrogen-bond acceptors (Lipinski definition) is 4. The molecule has 27 heavy (non-hydrogen) atoms. The maximum absolute atomic E-state index is 13.0. The van der Waals surface area contributed by atoms with Crippen LogP contribution < -0.4 is 5.48 Å². The number of carbonyl (C=O) groups excluding carboxylic acids is 1. The summed E-state index contributed by atoms with van der Waals surface area (Å²) in [5.74, 6) is -1.01. The Hall–Kier alpha value is -2.43. The fourth-order valence-corrected chi connectivity index (χ4v) is 4.01. The number of nitrogens with zero attached hydrogens (tertiary/aromatic N) is 1. The number of rotatable bonds is 6. The Morgan fingerprint density at radius 1 is 1.15 bits per heavy atom. The molecule has 0 spiro atoms. The second kappa shape index (κ2) is 8.07. The van der Waals surface area contributed by atoms with Gasteiger partial charge in [0.05, 0.1) is 10.5 Å². The van der Waals surface area contributed by atoms with Gasteiger partial charge in [-0.3, -0.25) is 10.0 Å². The first kappa shape index (κ1) is 20.9. The van der Waals surface area contributed by atoms with Crippen LogP contribution in [-0.2, 0) is 27.5 Å². The van der Waals surface area contributed by atoms with E-state index in [0.29, 0.717) is 11.6 Å². The van der Waals surface area contributed by atoms with Gasteiger partial charge in [0.2, 0.25) is 10.0 Å². The Balaban J connectivity index is 2.51. The second-order valence-corrected chi connectivity index (χ2v) is 7.60. The molecule has 1 amide bonds. The topological polar surface area (TPSA) is 86.7 Å². The molecular weight excluding hydrogens is 385 g/mol. The molecule has 2 aromatic carbocycles. The highest BCUT2D eigenvalue weighted by molar-refractivity contribution is 7.89. The zero-order chi connectivity index (χ0) is 20.2. The molecule has 0 fully saturated rings. The normalized spacial score (nSPS) is 13.4. The van der Waals surface area contributed by atoms with Crippen LogP contribution in [0.4, 0.5) is 13.2 Å². The molecule has 10 heteroatoms. The van der Waals surface area contributed by atoms with E-state index in [1.807, 2.05) is 0 Å². The maximum Gasteiger partial charge on any atom is 0.416 e. The van der Waals surface area contributed by atoms with Crippen LogP contribution in [0.2, 0.25) is 0 Å². The Bertz CT molecular complexity index is 902. The number of sulfonamides is 1. The number of halogens is 3. The Morgan fingerprint density at radius 2 is 1.78 bits per heavy atom. The smallest absolute Gasteiger partial charge is 0.289 e. The summed E-state index contributed by atoms with van der Waals surface area (Å²) in [5, 5.41) is 8.84. The highest BCUT2D eigenvalue weighted by Gasteiger charge is 2.36. The monoisotopic (exact) mass is 402 g/mol. The lowest BCUT2D eigenvalue weighted by atomic mass is 10.2. The third-order valence-corrected chi connectivity index (χ3v) is 5.78. The van der Waals surface area contributed by atoms with E-state index in [0.717, 1.165) is 22.5 Å². The molecule has 2 aromatic rings. The summed E-state index contributed by atoms with van der Waals surface area (Å²) < 4.78 is 65.5. The van der Waals surface area contributed by atoms with Crippen LogP contribution in [0.1, 0.15) is 18.1 Å². The van der Waals surface area contributed by atoms with Gasteiger partial charge in [-0.05, 0) is 30.7 Å². The Morgan fingerprint density at radius 3 is 2.33 bits per heavy atom. The minimum atomic E-state index is -4.72. The lowest BCUT2D eigenvalue weighted by Gasteiger charge is -2.27. The van der Waals surface area contributed by atoms with E-state index in [9.17, 15) is 26.4 Å². The predicted octanol–water partition coefficient (Wildman–Crippen LogP) is 2.79. The molecule has 1 atom stereocenters. The summed E-state index contributed by atoms with van der Waals surface area (Å²) in [4.78, 5) is 11.2. The van der Waals surface area contributed by atoms with E-state index in [1.54, 1.807) is 30.3 Å². The summed E-state index contributed by atoms with van der Waals surface area (Å²) >= 11 is 0. The molecule has 0 saturated heterocycles. The van der Waals surface area contributed by atoms with Gasteiger partial charge in [-0.15, -0.1) is 0 Å². The minimum Gasteiger partial charge on any atom is -0.289 e. The Labute approximate surface area is 154 Å². The number of hydrogen-bond donors (Lipinski definition) is 2. The average molecular weight is 402 g/mol. The van der Waals surface area contributed by atoms with Crippen molar-refractivity contribution in [3.63, 3.8) is 0 Å². The molecule has 6 nitrogen and oxygen atoms in total. The third kappa shape index (κ3) is 4.85. The summed E-state index contributed by atoms with van der Waals surface area (Å²) in [6, 6.07) is 10.1. The van der Waals surface area contributed by atoms with Crippen LogP contribution in [0.5, 0.6) is 0 Å². The SMILES string of the molecule is C[C@@H](C(=O)NO)N(Cc1ccccc1)S(=O)(=O)c1cccc(C(F)(F)F)c1. The van der Waals surface area contributed by atoms with Gasteiger partial charge >= 0.3 is 6.18 Å². The molecule has 2 rings (SSSR count). The van der Waals surface area contributed by atoms with Crippen molar-refractivity contribution in [3.05, 3.63) is 65.7 Å². The summed E-state index contributed by atoms with van der Waals surface area (Å²) in [7, 11) is -4.48. The van der Waals surface area contributed by atoms with Crippen molar-refractivity contribution in [2.24, 2.45) is 0 Å². The van der Waals surface area contributed by atoms with E-state index in [4.69, 9.17) is 5.21 Å². The number of amides is 1. The van der Waals surface area contributed by atoms with E-state index >= 15 is 0 Å². The molecule has 0 aliphatic heterocycles. The van der Waals surface area contributed by atoms with Gasteiger partial charge in [0.15, 0.2) is 0 Å². The number of alkyl halides is 3. The van der Waals surface area contributed by atoms with Crippen molar-refractivity contribution in [1.82, 2.24) is 9.79 Å². The molecule has 0 radical (unpaired) electrons. The second-order valence-electron chi connectivity index (χ2n) is 5.71. The van der Waals surface area contributed by atoms with Crippen LogP contribution >= 0.6 is 0 Å². The summed E-state index contributed by atoms with van der Waals surface area (Å²) in [6.45, 7) is 0.952. The van der Waals surface area contributed by atoms with E-state index in [2.05, 4.69) is 0 Å². The van der Waals surface area contributed by atoms with Gasteiger partial charge in [-0.1, -0.05) is 36.4 Å². The first-order valence-corrected chi connectivity index (χ1v) is 9.18. The standard InChI is InChI=1S/C17H17F3N2O4S/c1-12(16(23)21-24)22(11-13-6-3-2-4-7-13)27(25,26)15-9-5-8-14(10-15)17(18,19)20/h2-10,12,24H,11H2,1H3,(H,21,23)/t12-/m0/s1. The maximum atomic E-state index is 13.0. The molecular formula is C17H17F3N2O4S. The molecule has 0 aliphatic rings. The molecule has 0 aromatic heterocycles. The van der Waals surface area contributed by atoms with Crippen LogP contribution in [0.15, 0.2) is 59.5 Å². The van der Waals surface area contributed by atoms with Crippen molar-refractivity contribution in [3.8, 4) is 0 Å². The van der Waals surface area contributed by atoms with Crippen molar-refractivity contribution in [2.45, 2.75) is 30.6 Å². The van der Waals surface area contributed by atoms with E-state index in [1.165, 1.54) is 12.4 Å². The van der Waals surface area contributed by atoms with Crippen LogP contribution in [-0.4, -0.2) is 29.9 Å². The highest BCUT2D eigenvalue weighted by atomic mass is 32.2.